The van der Waals surface area contributed by atoms with E-state index in [-0.39, 0.29) is 6.04 Å². The summed E-state index contributed by atoms with van der Waals surface area (Å²) in [6.07, 6.45) is 6.57. The molecule has 84 valence electrons. The van der Waals surface area contributed by atoms with Crippen LogP contribution in [0.5, 0.6) is 0 Å². The first-order valence-corrected chi connectivity index (χ1v) is 5.89. The molecular formula is C11H24N2O. The van der Waals surface area contributed by atoms with E-state index in [1.165, 1.54) is 19.3 Å². The minimum Gasteiger partial charge on any atom is -0.387 e. The van der Waals surface area contributed by atoms with Crippen LogP contribution in [-0.2, 0) is 0 Å². The van der Waals surface area contributed by atoms with Gasteiger partial charge in [-0.1, -0.05) is 26.2 Å². The molecule has 1 saturated heterocycles. The van der Waals surface area contributed by atoms with Gasteiger partial charge in [-0.05, 0) is 25.8 Å². The van der Waals surface area contributed by atoms with E-state index in [2.05, 4.69) is 12.2 Å². The zero-order valence-electron chi connectivity index (χ0n) is 9.26. The van der Waals surface area contributed by atoms with Gasteiger partial charge in [-0.25, -0.2) is 0 Å². The Morgan fingerprint density at radius 1 is 1.43 bits per heavy atom. The van der Waals surface area contributed by atoms with Crippen molar-refractivity contribution in [3.63, 3.8) is 0 Å². The van der Waals surface area contributed by atoms with Crippen molar-refractivity contribution in [2.75, 3.05) is 13.1 Å². The van der Waals surface area contributed by atoms with Gasteiger partial charge in [0.15, 0.2) is 0 Å². The van der Waals surface area contributed by atoms with Crippen LogP contribution in [0, 0.1) is 0 Å². The maximum atomic E-state index is 10.4. The normalized spacial score (nSPS) is 28.1. The molecule has 3 heteroatoms. The van der Waals surface area contributed by atoms with Crippen molar-refractivity contribution < 1.29 is 5.11 Å². The van der Waals surface area contributed by atoms with Crippen molar-refractivity contribution in [3.8, 4) is 0 Å². The Labute approximate surface area is 87.1 Å². The Morgan fingerprint density at radius 3 is 2.86 bits per heavy atom. The molecule has 1 fully saturated rings. The highest BCUT2D eigenvalue weighted by Gasteiger charge is 2.34. The Kier molecular flexibility index (Phi) is 4.85. The first kappa shape index (κ1) is 12.0. The van der Waals surface area contributed by atoms with Crippen molar-refractivity contribution >= 4 is 0 Å². The molecule has 14 heavy (non-hydrogen) atoms. The van der Waals surface area contributed by atoms with E-state index < -0.39 is 5.60 Å². The number of nitrogens with one attached hydrogen (secondary N) is 1. The fourth-order valence-corrected chi connectivity index (χ4v) is 2.34. The SMILES string of the molecule is CCCC(O)(CN)C1CCCCCN1. The van der Waals surface area contributed by atoms with Crippen LogP contribution in [0.25, 0.3) is 0 Å². The third kappa shape index (κ3) is 2.94. The molecular weight excluding hydrogens is 176 g/mol. The molecule has 0 aromatic heterocycles. The third-order valence-corrected chi connectivity index (χ3v) is 3.25. The lowest BCUT2D eigenvalue weighted by molar-refractivity contribution is -0.000165. The first-order valence-electron chi connectivity index (χ1n) is 5.89. The van der Waals surface area contributed by atoms with Crippen LogP contribution in [0.3, 0.4) is 0 Å². The number of hydrogen-bond donors (Lipinski definition) is 3. The molecule has 4 N–H and O–H groups in total. The van der Waals surface area contributed by atoms with Crippen LogP contribution >= 0.6 is 0 Å². The van der Waals surface area contributed by atoms with E-state index in [4.69, 9.17) is 5.73 Å². The van der Waals surface area contributed by atoms with E-state index in [0.29, 0.717) is 6.54 Å². The molecule has 0 bridgehead atoms. The number of nitrogens with two attached hydrogens (primary N) is 1. The van der Waals surface area contributed by atoms with Crippen molar-refractivity contribution in [2.24, 2.45) is 5.73 Å². The summed E-state index contributed by atoms with van der Waals surface area (Å²) in [5, 5.41) is 13.8. The van der Waals surface area contributed by atoms with Gasteiger partial charge in [-0.3, -0.25) is 0 Å². The minimum atomic E-state index is -0.681. The van der Waals surface area contributed by atoms with Crippen LogP contribution in [-0.4, -0.2) is 29.8 Å². The van der Waals surface area contributed by atoms with Crippen LogP contribution in [0.4, 0.5) is 0 Å². The molecule has 1 rings (SSSR count). The Bertz CT molecular complexity index is 155. The van der Waals surface area contributed by atoms with Gasteiger partial charge >= 0.3 is 0 Å². The minimum absolute atomic E-state index is 0.204. The molecule has 2 unspecified atom stereocenters. The molecule has 0 amide bonds. The predicted molar refractivity (Wildman–Crippen MR) is 59.2 cm³/mol. The summed E-state index contributed by atoms with van der Waals surface area (Å²) in [4.78, 5) is 0. The van der Waals surface area contributed by atoms with E-state index in [1.54, 1.807) is 0 Å². The molecule has 0 saturated carbocycles. The molecule has 0 aromatic rings. The lowest BCUT2D eigenvalue weighted by Gasteiger charge is -2.35. The summed E-state index contributed by atoms with van der Waals surface area (Å²) < 4.78 is 0. The molecule has 3 nitrogen and oxygen atoms in total. The van der Waals surface area contributed by atoms with Crippen molar-refractivity contribution in [1.29, 1.82) is 0 Å². The van der Waals surface area contributed by atoms with Crippen LogP contribution in [0.1, 0.15) is 45.4 Å². The molecule has 0 aliphatic carbocycles. The van der Waals surface area contributed by atoms with Gasteiger partial charge in [0.05, 0.1) is 5.60 Å². The lowest BCUT2D eigenvalue weighted by atomic mass is 9.87. The summed E-state index contributed by atoms with van der Waals surface area (Å²) in [5.74, 6) is 0. The van der Waals surface area contributed by atoms with Crippen LogP contribution in [0.2, 0.25) is 0 Å². The maximum Gasteiger partial charge on any atom is 0.0921 e. The Hall–Kier alpha value is -0.120. The van der Waals surface area contributed by atoms with Crippen molar-refractivity contribution in [3.05, 3.63) is 0 Å². The van der Waals surface area contributed by atoms with E-state index in [1.807, 2.05) is 0 Å². The van der Waals surface area contributed by atoms with Gasteiger partial charge in [0.2, 0.25) is 0 Å². The summed E-state index contributed by atoms with van der Waals surface area (Å²) in [6, 6.07) is 0.204. The first-order chi connectivity index (χ1) is 6.73. The number of aliphatic hydroxyl groups is 1. The highest BCUT2D eigenvalue weighted by Crippen LogP contribution is 2.22. The predicted octanol–water partition coefficient (Wildman–Crippen LogP) is 1.01. The van der Waals surface area contributed by atoms with Crippen molar-refractivity contribution in [1.82, 2.24) is 5.32 Å². The fourth-order valence-electron chi connectivity index (χ4n) is 2.34. The van der Waals surface area contributed by atoms with Gasteiger partial charge < -0.3 is 16.2 Å². The maximum absolute atomic E-state index is 10.4. The zero-order valence-corrected chi connectivity index (χ0v) is 9.26. The standard InChI is InChI=1S/C11H24N2O/c1-2-7-11(14,9-12)10-6-4-3-5-8-13-10/h10,13-14H,2-9,12H2,1H3. The number of rotatable bonds is 4. The Balaban J connectivity index is 2.56. The average molecular weight is 200 g/mol. The van der Waals surface area contributed by atoms with Gasteiger partial charge in [0.1, 0.15) is 0 Å². The lowest BCUT2D eigenvalue weighted by Crippen LogP contribution is -2.55. The molecule has 1 aliphatic heterocycles. The second kappa shape index (κ2) is 5.69. The summed E-state index contributed by atoms with van der Waals surface area (Å²) >= 11 is 0. The van der Waals surface area contributed by atoms with Gasteiger partial charge in [0.25, 0.3) is 0 Å². The van der Waals surface area contributed by atoms with E-state index in [9.17, 15) is 5.11 Å². The highest BCUT2D eigenvalue weighted by atomic mass is 16.3. The quantitative estimate of drug-likeness (QED) is 0.635. The molecule has 1 aliphatic rings. The number of hydrogen-bond acceptors (Lipinski definition) is 3. The smallest absolute Gasteiger partial charge is 0.0921 e. The summed E-state index contributed by atoms with van der Waals surface area (Å²) in [5.41, 5.74) is 5.00. The second-order valence-electron chi connectivity index (χ2n) is 4.41. The monoisotopic (exact) mass is 200 g/mol. The van der Waals surface area contributed by atoms with E-state index >= 15 is 0 Å². The third-order valence-electron chi connectivity index (χ3n) is 3.25. The van der Waals surface area contributed by atoms with Gasteiger partial charge in [-0.15, -0.1) is 0 Å². The molecule has 0 radical (unpaired) electrons. The van der Waals surface area contributed by atoms with Gasteiger partial charge in [0, 0.05) is 12.6 Å². The Morgan fingerprint density at radius 2 is 2.21 bits per heavy atom. The van der Waals surface area contributed by atoms with Crippen molar-refractivity contribution in [2.45, 2.75) is 57.1 Å². The summed E-state index contributed by atoms with van der Waals surface area (Å²) in [6.45, 7) is 3.49. The van der Waals surface area contributed by atoms with E-state index in [0.717, 1.165) is 25.8 Å². The molecule has 0 spiro atoms. The topological polar surface area (TPSA) is 58.3 Å². The summed E-state index contributed by atoms with van der Waals surface area (Å²) in [7, 11) is 0. The second-order valence-corrected chi connectivity index (χ2v) is 4.41. The largest absolute Gasteiger partial charge is 0.387 e. The molecule has 1 heterocycles. The fraction of sp³-hybridized carbons (Fsp3) is 1.00. The zero-order chi connectivity index (χ0) is 10.4. The highest BCUT2D eigenvalue weighted by molar-refractivity contribution is 4.93. The van der Waals surface area contributed by atoms with Crippen LogP contribution in [0.15, 0.2) is 0 Å². The van der Waals surface area contributed by atoms with Crippen LogP contribution < -0.4 is 11.1 Å². The average Bonchev–Trinajstić information content (AvgIpc) is 2.46. The molecule has 2 atom stereocenters. The van der Waals surface area contributed by atoms with Gasteiger partial charge in [-0.2, -0.15) is 0 Å². The molecule has 0 aromatic carbocycles.